The van der Waals surface area contributed by atoms with Crippen molar-refractivity contribution in [1.29, 1.82) is 0 Å². The molecule has 0 spiro atoms. The predicted molar refractivity (Wildman–Crippen MR) is 71.6 cm³/mol. The predicted octanol–water partition coefficient (Wildman–Crippen LogP) is 1.39. The lowest BCUT2D eigenvalue weighted by Gasteiger charge is -2.28. The minimum absolute atomic E-state index is 0.782. The average molecular weight is 262 g/mol. The second kappa shape index (κ2) is 4.99. The van der Waals surface area contributed by atoms with E-state index < -0.39 is 0 Å². The normalized spacial score (nSPS) is 15.9. The second-order valence-corrected chi connectivity index (χ2v) is 4.63. The molecule has 3 rings (SSSR count). The number of ether oxygens (including phenoxy) is 1. The van der Waals surface area contributed by atoms with Gasteiger partial charge in [-0.25, -0.2) is 9.67 Å². The number of anilines is 1. The molecule has 0 aromatic carbocycles. The van der Waals surface area contributed by atoms with Crippen molar-refractivity contribution in [2.24, 2.45) is 0 Å². The average Bonchev–Trinajstić information content (AvgIpc) is 2.87. The topological polar surface area (TPSA) is 43.2 Å². The van der Waals surface area contributed by atoms with Crippen molar-refractivity contribution in [3.8, 4) is 5.82 Å². The van der Waals surface area contributed by atoms with E-state index >= 15 is 0 Å². The zero-order valence-electron chi connectivity index (χ0n) is 9.86. The number of rotatable bonds is 2. The van der Waals surface area contributed by atoms with E-state index in [1.165, 1.54) is 0 Å². The molecule has 1 saturated heterocycles. The van der Waals surface area contributed by atoms with Crippen molar-refractivity contribution in [1.82, 2.24) is 14.8 Å². The SMILES string of the molecule is Sc1cnn(-c2ccc(N3CCOCC3)cn2)c1. The molecule has 18 heavy (non-hydrogen) atoms. The van der Waals surface area contributed by atoms with Crippen LogP contribution in [0.4, 0.5) is 5.69 Å². The summed E-state index contributed by atoms with van der Waals surface area (Å²) >= 11 is 4.23. The first-order valence-corrected chi connectivity index (χ1v) is 6.30. The van der Waals surface area contributed by atoms with Crippen molar-refractivity contribution in [3.63, 3.8) is 0 Å². The van der Waals surface area contributed by atoms with Crippen LogP contribution in [0.3, 0.4) is 0 Å². The Morgan fingerprint density at radius 3 is 2.61 bits per heavy atom. The van der Waals surface area contributed by atoms with Gasteiger partial charge >= 0.3 is 0 Å². The molecule has 2 aromatic heterocycles. The summed E-state index contributed by atoms with van der Waals surface area (Å²) in [6.07, 6.45) is 5.40. The summed E-state index contributed by atoms with van der Waals surface area (Å²) in [7, 11) is 0. The molecular formula is C12H14N4OS. The van der Waals surface area contributed by atoms with Crippen LogP contribution in [0.15, 0.2) is 35.6 Å². The van der Waals surface area contributed by atoms with Crippen LogP contribution < -0.4 is 4.90 Å². The van der Waals surface area contributed by atoms with Gasteiger partial charge in [0.2, 0.25) is 0 Å². The molecule has 0 bridgehead atoms. The molecule has 94 valence electrons. The van der Waals surface area contributed by atoms with E-state index in [9.17, 15) is 0 Å². The van der Waals surface area contributed by atoms with E-state index in [0.29, 0.717) is 0 Å². The highest BCUT2D eigenvalue weighted by molar-refractivity contribution is 7.80. The van der Waals surface area contributed by atoms with Gasteiger partial charge in [-0.15, -0.1) is 12.6 Å². The maximum atomic E-state index is 5.33. The zero-order valence-corrected chi connectivity index (χ0v) is 10.8. The molecule has 0 amide bonds. The highest BCUT2D eigenvalue weighted by Gasteiger charge is 2.11. The number of morpholine rings is 1. The van der Waals surface area contributed by atoms with E-state index in [2.05, 4.69) is 33.7 Å². The van der Waals surface area contributed by atoms with Crippen molar-refractivity contribution >= 4 is 18.3 Å². The fourth-order valence-electron chi connectivity index (χ4n) is 1.96. The van der Waals surface area contributed by atoms with Gasteiger partial charge in [0.25, 0.3) is 0 Å². The highest BCUT2D eigenvalue weighted by atomic mass is 32.1. The molecule has 0 unspecified atom stereocenters. The minimum Gasteiger partial charge on any atom is -0.378 e. The van der Waals surface area contributed by atoms with E-state index in [-0.39, 0.29) is 0 Å². The van der Waals surface area contributed by atoms with Crippen LogP contribution in [0.5, 0.6) is 0 Å². The zero-order chi connectivity index (χ0) is 12.4. The summed E-state index contributed by atoms with van der Waals surface area (Å²) in [5, 5.41) is 4.17. The third-order valence-corrected chi connectivity index (χ3v) is 3.14. The van der Waals surface area contributed by atoms with Crippen LogP contribution in [0.1, 0.15) is 0 Å². The number of nitrogens with zero attached hydrogens (tertiary/aromatic N) is 4. The fourth-order valence-corrected chi connectivity index (χ4v) is 2.12. The van der Waals surface area contributed by atoms with Crippen molar-refractivity contribution in [2.45, 2.75) is 4.90 Å². The van der Waals surface area contributed by atoms with Crippen LogP contribution in [0.25, 0.3) is 5.82 Å². The monoisotopic (exact) mass is 262 g/mol. The first-order chi connectivity index (χ1) is 8.83. The summed E-state index contributed by atoms with van der Waals surface area (Å²) in [6, 6.07) is 4.03. The molecule has 0 N–H and O–H groups in total. The lowest BCUT2D eigenvalue weighted by atomic mass is 10.3. The van der Waals surface area contributed by atoms with E-state index in [4.69, 9.17) is 4.74 Å². The molecule has 0 radical (unpaired) electrons. The molecule has 3 heterocycles. The summed E-state index contributed by atoms with van der Waals surface area (Å²) in [4.78, 5) is 7.52. The Hall–Kier alpha value is -1.53. The van der Waals surface area contributed by atoms with Gasteiger partial charge < -0.3 is 9.64 Å². The molecule has 1 fully saturated rings. The Morgan fingerprint density at radius 2 is 2.00 bits per heavy atom. The molecule has 6 heteroatoms. The number of hydrogen-bond donors (Lipinski definition) is 1. The van der Waals surface area contributed by atoms with Crippen LogP contribution in [0.2, 0.25) is 0 Å². The lowest BCUT2D eigenvalue weighted by molar-refractivity contribution is 0.122. The number of pyridine rings is 1. The molecule has 2 aromatic rings. The molecule has 0 saturated carbocycles. The summed E-state index contributed by atoms with van der Waals surface area (Å²) in [6.45, 7) is 3.40. The molecular weight excluding hydrogens is 248 g/mol. The third kappa shape index (κ3) is 2.34. The van der Waals surface area contributed by atoms with Crippen LogP contribution in [-0.2, 0) is 4.74 Å². The van der Waals surface area contributed by atoms with Crippen LogP contribution in [0, 0.1) is 0 Å². The van der Waals surface area contributed by atoms with E-state index in [1.54, 1.807) is 10.9 Å². The van der Waals surface area contributed by atoms with Crippen LogP contribution in [-0.4, -0.2) is 41.1 Å². The second-order valence-electron chi connectivity index (χ2n) is 4.12. The van der Waals surface area contributed by atoms with Gasteiger partial charge in [-0.2, -0.15) is 5.10 Å². The maximum Gasteiger partial charge on any atom is 0.153 e. The molecule has 0 atom stereocenters. The van der Waals surface area contributed by atoms with Crippen molar-refractivity contribution in [3.05, 3.63) is 30.7 Å². The Morgan fingerprint density at radius 1 is 1.17 bits per heavy atom. The van der Waals surface area contributed by atoms with Crippen molar-refractivity contribution in [2.75, 3.05) is 31.2 Å². The molecule has 1 aliphatic rings. The molecule has 5 nitrogen and oxygen atoms in total. The Kier molecular flexibility index (Phi) is 3.21. The smallest absolute Gasteiger partial charge is 0.153 e. The van der Waals surface area contributed by atoms with E-state index in [0.717, 1.165) is 42.7 Å². The Bertz CT molecular complexity index is 519. The largest absolute Gasteiger partial charge is 0.378 e. The minimum atomic E-state index is 0.782. The summed E-state index contributed by atoms with van der Waals surface area (Å²) in [5.74, 6) is 0.798. The number of thiol groups is 1. The Balaban J connectivity index is 1.80. The fraction of sp³-hybridized carbons (Fsp3) is 0.333. The van der Waals surface area contributed by atoms with Gasteiger partial charge in [0.15, 0.2) is 5.82 Å². The van der Waals surface area contributed by atoms with Gasteiger partial charge in [-0.1, -0.05) is 0 Å². The van der Waals surface area contributed by atoms with Gasteiger partial charge in [-0.3, -0.25) is 0 Å². The maximum absolute atomic E-state index is 5.33. The number of aromatic nitrogens is 3. The first-order valence-electron chi connectivity index (χ1n) is 5.86. The quantitative estimate of drug-likeness (QED) is 0.831. The van der Waals surface area contributed by atoms with Crippen molar-refractivity contribution < 1.29 is 4.74 Å². The summed E-state index contributed by atoms with van der Waals surface area (Å²) < 4.78 is 7.05. The first kappa shape index (κ1) is 11.6. The summed E-state index contributed by atoms with van der Waals surface area (Å²) in [5.41, 5.74) is 1.13. The molecule has 0 aliphatic carbocycles. The number of hydrogen-bond acceptors (Lipinski definition) is 5. The Labute approximate surface area is 111 Å². The standard InChI is InChI=1S/C12H14N4OS/c18-11-8-14-16(9-11)12-2-1-10(7-13-12)15-3-5-17-6-4-15/h1-2,7-9,18H,3-6H2. The van der Waals surface area contributed by atoms with Gasteiger partial charge in [0, 0.05) is 24.2 Å². The third-order valence-electron chi connectivity index (χ3n) is 2.91. The molecule has 1 aliphatic heterocycles. The van der Waals surface area contributed by atoms with Gasteiger partial charge in [-0.05, 0) is 12.1 Å². The van der Waals surface area contributed by atoms with Crippen LogP contribution >= 0.6 is 12.6 Å². The van der Waals surface area contributed by atoms with Gasteiger partial charge in [0.1, 0.15) is 0 Å². The highest BCUT2D eigenvalue weighted by Crippen LogP contribution is 2.16. The van der Waals surface area contributed by atoms with E-state index in [1.807, 2.05) is 18.5 Å². The lowest BCUT2D eigenvalue weighted by Crippen LogP contribution is -2.36. The van der Waals surface area contributed by atoms with Gasteiger partial charge in [0.05, 0.1) is 31.3 Å².